The molecule has 0 aromatic heterocycles. The van der Waals surface area contributed by atoms with Gasteiger partial charge < -0.3 is 15.3 Å². The summed E-state index contributed by atoms with van der Waals surface area (Å²) in [6.45, 7) is 1.39. The molecule has 18 heavy (non-hydrogen) atoms. The fourth-order valence-electron chi connectivity index (χ4n) is 1.14. The lowest BCUT2D eigenvalue weighted by molar-refractivity contribution is -0.141. The molecule has 2 amide bonds. The SMILES string of the molecule is CC(C(=O)O)N(C)C(=O)Nc1ccc(F)cc1Br. The molecule has 0 aliphatic carbocycles. The number of urea groups is 1. The average Bonchev–Trinajstić information content (AvgIpc) is 2.30. The van der Waals surface area contributed by atoms with E-state index in [1.165, 1.54) is 32.2 Å². The number of amides is 2. The van der Waals surface area contributed by atoms with Gasteiger partial charge in [-0.15, -0.1) is 0 Å². The lowest BCUT2D eigenvalue weighted by Gasteiger charge is -2.22. The second-order valence-electron chi connectivity index (χ2n) is 3.68. The summed E-state index contributed by atoms with van der Waals surface area (Å²) in [5, 5.41) is 11.3. The maximum atomic E-state index is 12.8. The Kier molecular flexibility index (Phi) is 4.66. The van der Waals surface area contributed by atoms with Crippen LogP contribution in [0.1, 0.15) is 6.92 Å². The molecule has 1 aromatic rings. The number of hydrogen-bond acceptors (Lipinski definition) is 2. The summed E-state index contributed by atoms with van der Waals surface area (Å²) in [5.74, 6) is -1.54. The fourth-order valence-corrected chi connectivity index (χ4v) is 1.59. The summed E-state index contributed by atoms with van der Waals surface area (Å²) < 4.78 is 13.2. The van der Waals surface area contributed by atoms with Gasteiger partial charge in [-0.05, 0) is 41.1 Å². The van der Waals surface area contributed by atoms with Crippen LogP contribution in [0.5, 0.6) is 0 Å². The number of halogens is 2. The molecule has 0 heterocycles. The van der Waals surface area contributed by atoms with Crippen molar-refractivity contribution in [3.8, 4) is 0 Å². The first kappa shape index (κ1) is 14.4. The average molecular weight is 319 g/mol. The third kappa shape index (κ3) is 3.43. The monoisotopic (exact) mass is 318 g/mol. The van der Waals surface area contributed by atoms with Crippen molar-refractivity contribution in [1.82, 2.24) is 4.90 Å². The molecule has 98 valence electrons. The van der Waals surface area contributed by atoms with Crippen LogP contribution < -0.4 is 5.32 Å². The zero-order chi connectivity index (χ0) is 13.9. The smallest absolute Gasteiger partial charge is 0.326 e. The molecule has 0 spiro atoms. The van der Waals surface area contributed by atoms with Crippen LogP contribution in [0.4, 0.5) is 14.9 Å². The van der Waals surface area contributed by atoms with Gasteiger partial charge in [-0.3, -0.25) is 0 Å². The molecule has 0 aliphatic heterocycles. The quantitative estimate of drug-likeness (QED) is 0.899. The number of rotatable bonds is 3. The lowest BCUT2D eigenvalue weighted by Crippen LogP contribution is -2.42. The van der Waals surface area contributed by atoms with Crippen molar-refractivity contribution in [2.24, 2.45) is 0 Å². The zero-order valence-electron chi connectivity index (χ0n) is 9.78. The third-order valence-electron chi connectivity index (χ3n) is 2.43. The Morgan fingerprint density at radius 1 is 1.50 bits per heavy atom. The summed E-state index contributed by atoms with van der Waals surface area (Å²) >= 11 is 3.10. The van der Waals surface area contributed by atoms with Gasteiger partial charge in [0.1, 0.15) is 11.9 Å². The number of benzene rings is 1. The molecule has 0 saturated heterocycles. The van der Waals surface area contributed by atoms with Gasteiger partial charge in [0.2, 0.25) is 0 Å². The Hall–Kier alpha value is -1.63. The van der Waals surface area contributed by atoms with E-state index in [0.29, 0.717) is 10.2 Å². The second kappa shape index (κ2) is 5.81. The van der Waals surface area contributed by atoms with Crippen LogP contribution in [-0.4, -0.2) is 35.1 Å². The number of carboxylic acids is 1. The van der Waals surface area contributed by atoms with Crippen LogP contribution in [0.15, 0.2) is 22.7 Å². The molecule has 5 nitrogen and oxygen atoms in total. The van der Waals surface area contributed by atoms with E-state index in [0.717, 1.165) is 4.90 Å². The van der Waals surface area contributed by atoms with Crippen molar-refractivity contribution in [3.63, 3.8) is 0 Å². The van der Waals surface area contributed by atoms with E-state index in [4.69, 9.17) is 5.11 Å². The standard InChI is InChI=1S/C11H12BrFN2O3/c1-6(10(16)17)15(2)11(18)14-9-4-3-7(13)5-8(9)12/h3-6H,1-2H3,(H,14,18)(H,16,17). The number of hydrogen-bond donors (Lipinski definition) is 2. The maximum absolute atomic E-state index is 12.8. The highest BCUT2D eigenvalue weighted by atomic mass is 79.9. The molecule has 0 bridgehead atoms. The summed E-state index contributed by atoms with van der Waals surface area (Å²) in [7, 11) is 1.37. The molecule has 0 aliphatic rings. The van der Waals surface area contributed by atoms with Crippen molar-refractivity contribution >= 4 is 33.6 Å². The van der Waals surface area contributed by atoms with Crippen molar-refractivity contribution in [1.29, 1.82) is 0 Å². The number of nitrogens with one attached hydrogen (secondary N) is 1. The lowest BCUT2D eigenvalue weighted by atomic mass is 10.3. The molecule has 0 fully saturated rings. The van der Waals surface area contributed by atoms with Crippen molar-refractivity contribution in [2.75, 3.05) is 12.4 Å². The minimum absolute atomic E-state index is 0.367. The van der Waals surface area contributed by atoms with Gasteiger partial charge >= 0.3 is 12.0 Å². The summed E-state index contributed by atoms with van der Waals surface area (Å²) in [5.41, 5.74) is 0.367. The van der Waals surface area contributed by atoms with Gasteiger partial charge in [-0.25, -0.2) is 14.0 Å². The maximum Gasteiger partial charge on any atom is 0.326 e. The minimum Gasteiger partial charge on any atom is -0.480 e. The van der Waals surface area contributed by atoms with E-state index in [-0.39, 0.29) is 0 Å². The fraction of sp³-hybridized carbons (Fsp3) is 0.273. The second-order valence-corrected chi connectivity index (χ2v) is 4.53. The van der Waals surface area contributed by atoms with Crippen molar-refractivity contribution in [3.05, 3.63) is 28.5 Å². The Morgan fingerprint density at radius 2 is 2.11 bits per heavy atom. The van der Waals surface area contributed by atoms with E-state index < -0.39 is 23.9 Å². The first-order valence-corrected chi connectivity index (χ1v) is 5.84. The molecule has 7 heteroatoms. The van der Waals surface area contributed by atoms with E-state index in [1.807, 2.05) is 0 Å². The Labute approximate surface area is 112 Å². The summed E-state index contributed by atoms with van der Waals surface area (Å²) in [4.78, 5) is 23.5. The van der Waals surface area contributed by atoms with Gasteiger partial charge in [-0.2, -0.15) is 0 Å². The van der Waals surface area contributed by atoms with E-state index in [1.54, 1.807) is 0 Å². The highest BCUT2D eigenvalue weighted by molar-refractivity contribution is 9.10. The first-order valence-electron chi connectivity index (χ1n) is 5.04. The predicted molar refractivity (Wildman–Crippen MR) is 68.0 cm³/mol. The highest BCUT2D eigenvalue weighted by Crippen LogP contribution is 2.23. The Bertz CT molecular complexity index is 481. The molecular weight excluding hydrogens is 307 g/mol. The first-order chi connectivity index (χ1) is 8.32. The number of carbonyl (C=O) groups excluding carboxylic acids is 1. The normalized spacial score (nSPS) is 11.8. The van der Waals surface area contributed by atoms with Gasteiger partial charge in [0.15, 0.2) is 0 Å². The molecule has 1 aromatic carbocycles. The highest BCUT2D eigenvalue weighted by Gasteiger charge is 2.22. The van der Waals surface area contributed by atoms with Crippen LogP contribution in [0.3, 0.4) is 0 Å². The molecule has 0 radical (unpaired) electrons. The molecule has 0 saturated carbocycles. The number of aliphatic carboxylic acids is 1. The van der Waals surface area contributed by atoms with Gasteiger partial charge in [-0.1, -0.05) is 0 Å². The van der Waals surface area contributed by atoms with Gasteiger partial charge in [0.05, 0.1) is 5.69 Å². The minimum atomic E-state index is -1.11. The number of carboxylic acid groups (broad SMARTS) is 1. The topological polar surface area (TPSA) is 69.6 Å². The number of anilines is 1. The molecule has 1 atom stereocenters. The molecular formula is C11H12BrFN2O3. The van der Waals surface area contributed by atoms with E-state index >= 15 is 0 Å². The van der Waals surface area contributed by atoms with Crippen LogP contribution in [0, 0.1) is 5.82 Å². The molecule has 2 N–H and O–H groups in total. The Balaban J connectivity index is 2.78. The van der Waals surface area contributed by atoms with Gasteiger partial charge in [0, 0.05) is 11.5 Å². The largest absolute Gasteiger partial charge is 0.480 e. The molecule has 1 rings (SSSR count). The summed E-state index contributed by atoms with van der Waals surface area (Å²) in [6.07, 6.45) is 0. The zero-order valence-corrected chi connectivity index (χ0v) is 11.4. The van der Waals surface area contributed by atoms with Crippen molar-refractivity contribution in [2.45, 2.75) is 13.0 Å². The van der Waals surface area contributed by atoms with Crippen molar-refractivity contribution < 1.29 is 19.1 Å². The van der Waals surface area contributed by atoms with Crippen LogP contribution >= 0.6 is 15.9 Å². The van der Waals surface area contributed by atoms with Crippen LogP contribution in [0.25, 0.3) is 0 Å². The number of nitrogens with zero attached hydrogens (tertiary/aromatic N) is 1. The van der Waals surface area contributed by atoms with E-state index in [9.17, 15) is 14.0 Å². The predicted octanol–water partition coefficient (Wildman–Crippen LogP) is 2.53. The van der Waals surface area contributed by atoms with Crippen LogP contribution in [0.2, 0.25) is 0 Å². The third-order valence-corrected chi connectivity index (χ3v) is 3.09. The summed E-state index contributed by atoms with van der Waals surface area (Å²) in [6, 6.07) is 2.25. The molecule has 1 unspecified atom stereocenters. The Morgan fingerprint density at radius 3 is 2.61 bits per heavy atom. The van der Waals surface area contributed by atoms with Crippen LogP contribution in [-0.2, 0) is 4.79 Å². The van der Waals surface area contributed by atoms with Gasteiger partial charge in [0.25, 0.3) is 0 Å². The number of carbonyl (C=O) groups is 2. The number of likely N-dealkylation sites (N-methyl/N-ethyl adjacent to an activating group) is 1. The van der Waals surface area contributed by atoms with E-state index in [2.05, 4.69) is 21.2 Å².